The van der Waals surface area contributed by atoms with E-state index in [0.717, 1.165) is 56.4 Å². The molecule has 5 aromatic rings. The summed E-state index contributed by atoms with van der Waals surface area (Å²) in [5, 5.41) is 10.4. The molecule has 0 amide bonds. The minimum atomic E-state index is -0.754. The van der Waals surface area contributed by atoms with Crippen LogP contribution >= 0.6 is 22.9 Å². The van der Waals surface area contributed by atoms with Crippen LogP contribution in [0.4, 0.5) is 24.0 Å². The van der Waals surface area contributed by atoms with Gasteiger partial charge >= 0.3 is 6.01 Å². The summed E-state index contributed by atoms with van der Waals surface area (Å²) in [5.41, 5.74) is 6.19. The van der Waals surface area contributed by atoms with E-state index in [9.17, 15) is 18.8 Å². The number of alkyl halides is 1. The van der Waals surface area contributed by atoms with Crippen LogP contribution in [0.5, 0.6) is 11.8 Å². The highest BCUT2D eigenvalue weighted by Gasteiger charge is 2.37. The highest BCUT2D eigenvalue weighted by molar-refractivity contribution is 7.23. The quantitative estimate of drug-likeness (QED) is 0.144. The summed E-state index contributed by atoms with van der Waals surface area (Å²) in [6.07, 6.45) is 12.5. The molecule has 2 N–H and O–H groups in total. The van der Waals surface area contributed by atoms with Gasteiger partial charge in [0, 0.05) is 54.4 Å². The van der Waals surface area contributed by atoms with Crippen molar-refractivity contribution in [3.8, 4) is 29.0 Å². The summed E-state index contributed by atoms with van der Waals surface area (Å²) in [5.74, 6) is 0.191. The Balaban J connectivity index is 0.000000258. The van der Waals surface area contributed by atoms with Crippen LogP contribution in [0, 0.1) is 34.8 Å². The molecule has 3 atom stereocenters. The van der Waals surface area contributed by atoms with E-state index >= 15 is 4.39 Å². The van der Waals surface area contributed by atoms with Crippen LogP contribution < -0.4 is 20.1 Å². The topological polar surface area (TPSA) is 135 Å². The second-order valence-electron chi connectivity index (χ2n) is 15.4. The van der Waals surface area contributed by atoms with Gasteiger partial charge in [-0.05, 0) is 69.0 Å². The molecule has 2 saturated heterocycles. The lowest BCUT2D eigenvalue weighted by Gasteiger charge is -2.43. The first-order valence-corrected chi connectivity index (χ1v) is 22.5. The summed E-state index contributed by atoms with van der Waals surface area (Å²) >= 11 is 7.82. The number of nitrogens with zero attached hydrogens (tertiary/aromatic N) is 7. The first kappa shape index (κ1) is 47.4. The molecular weight excluding hydrogens is 825 g/mol. The third-order valence-electron chi connectivity index (χ3n) is 11.7. The fourth-order valence-electron chi connectivity index (χ4n) is 8.31. The number of hydrogen-bond donors (Lipinski definition) is 1. The molecule has 0 spiro atoms. The number of methoxy groups -OCH3 is 2. The largest absolute Gasteiger partial charge is 0.494 e. The van der Waals surface area contributed by atoms with E-state index in [0.29, 0.717) is 36.3 Å². The minimum Gasteiger partial charge on any atom is -0.494 e. The predicted octanol–water partition coefficient (Wildman–Crippen LogP) is 11.1. The fraction of sp³-hybridized carbons (Fsp3) is 0.533. The van der Waals surface area contributed by atoms with Gasteiger partial charge in [-0.1, -0.05) is 65.6 Å². The van der Waals surface area contributed by atoms with Crippen LogP contribution in [0.3, 0.4) is 0 Å². The SMILES string of the molecule is CC.CCC(C)C(=O)n1ccnc1.CCCN(c1nc(OC)nc2c(F)c(-c3ccc(F)c4sc(N)c(C#N)c34)c(Cl)c(OC)c12)C1CC(CC)C1.FC1CC2CCCN2C1. The van der Waals surface area contributed by atoms with Crippen molar-refractivity contribution in [1.82, 2.24) is 24.4 Å². The number of rotatable bonds is 10. The Labute approximate surface area is 366 Å². The number of fused-ring (bicyclic) bond motifs is 3. The Morgan fingerprint density at radius 1 is 1.13 bits per heavy atom. The summed E-state index contributed by atoms with van der Waals surface area (Å²) in [7, 11) is 2.87. The third kappa shape index (κ3) is 9.87. The second kappa shape index (κ2) is 21.4. The Hall–Kier alpha value is -4.65. The van der Waals surface area contributed by atoms with Crippen LogP contribution in [-0.4, -0.2) is 82.4 Å². The maximum atomic E-state index is 16.7. The van der Waals surface area contributed by atoms with E-state index < -0.39 is 17.8 Å². The Morgan fingerprint density at radius 2 is 1.87 bits per heavy atom. The van der Waals surface area contributed by atoms with E-state index in [1.54, 1.807) is 12.4 Å². The van der Waals surface area contributed by atoms with Crippen molar-refractivity contribution in [2.75, 3.05) is 44.5 Å². The van der Waals surface area contributed by atoms with E-state index in [1.807, 2.05) is 33.8 Å². The maximum absolute atomic E-state index is 16.7. The van der Waals surface area contributed by atoms with E-state index in [4.69, 9.17) is 26.8 Å². The zero-order chi connectivity index (χ0) is 44.5. The zero-order valence-electron chi connectivity index (χ0n) is 36.4. The monoisotopic (exact) mass is 882 g/mol. The zero-order valence-corrected chi connectivity index (χ0v) is 38.0. The number of halogens is 4. The van der Waals surface area contributed by atoms with Crippen molar-refractivity contribution in [2.45, 2.75) is 111 Å². The van der Waals surface area contributed by atoms with Gasteiger partial charge in [0.1, 0.15) is 40.7 Å². The summed E-state index contributed by atoms with van der Waals surface area (Å²) in [6.45, 7) is 14.7. The molecule has 5 heterocycles. The number of nitrogen functional groups attached to an aromatic ring is 1. The molecule has 1 saturated carbocycles. The van der Waals surface area contributed by atoms with Gasteiger partial charge in [0.25, 0.3) is 0 Å². The molecule has 3 aliphatic rings. The molecule has 330 valence electrons. The number of benzene rings is 2. The van der Waals surface area contributed by atoms with Gasteiger partial charge in [0.2, 0.25) is 5.91 Å². The molecule has 3 aromatic heterocycles. The van der Waals surface area contributed by atoms with Gasteiger partial charge in [-0.25, -0.2) is 18.2 Å². The van der Waals surface area contributed by atoms with Gasteiger partial charge in [-0.15, -0.1) is 11.3 Å². The molecule has 16 heteroatoms. The van der Waals surface area contributed by atoms with Crippen molar-refractivity contribution in [2.24, 2.45) is 11.8 Å². The van der Waals surface area contributed by atoms with Gasteiger partial charge in [-0.2, -0.15) is 15.2 Å². The molecule has 0 radical (unpaired) electrons. The van der Waals surface area contributed by atoms with Crippen molar-refractivity contribution in [3.63, 3.8) is 0 Å². The number of thiophene rings is 1. The number of carbonyl (C=O) groups is 1. The van der Waals surface area contributed by atoms with E-state index in [1.165, 1.54) is 50.1 Å². The number of anilines is 2. The van der Waals surface area contributed by atoms with Crippen molar-refractivity contribution in [3.05, 3.63) is 53.1 Å². The number of nitrogens with two attached hydrogens (primary N) is 1. The fourth-order valence-corrected chi connectivity index (χ4v) is 9.61. The smallest absolute Gasteiger partial charge is 0.318 e. The van der Waals surface area contributed by atoms with E-state index in [2.05, 4.69) is 38.6 Å². The minimum absolute atomic E-state index is 0.000869. The third-order valence-corrected chi connectivity index (χ3v) is 13.1. The highest BCUT2D eigenvalue weighted by Crippen LogP contribution is 2.51. The molecule has 1 aliphatic carbocycles. The maximum Gasteiger partial charge on any atom is 0.318 e. The number of aromatic nitrogens is 4. The molecule has 2 aromatic carbocycles. The standard InChI is InChI=1S/C28H28ClF2N5O2S.C8H12N2O.C7H12FN.C2H6/c1-5-9-36(14-10-13(6-2)11-14)27-20-23(34-28(35-27)38-4)22(31)19(21(29)24(20)37-3)15-7-8-17(30)25-18(15)16(12-32)26(33)39-25;1-3-7(2)8(11)10-5-4-9-6-10;8-6-4-7-2-1-3-9(7)5-6;1-2/h7-8,13-14H,5-6,9-11,33H2,1-4H3;4-7H,3H2,1-2H3;6-7H,1-5H2;1-2H3. The molecule has 0 bridgehead atoms. The summed E-state index contributed by atoms with van der Waals surface area (Å²) in [4.78, 5) is 28.6. The van der Waals surface area contributed by atoms with Crippen LogP contribution in [0.2, 0.25) is 5.02 Å². The lowest BCUT2D eigenvalue weighted by molar-refractivity contribution is 0.0841. The number of ether oxygens (including phenoxy) is 2. The lowest BCUT2D eigenvalue weighted by atomic mass is 9.77. The molecule has 3 unspecified atom stereocenters. The van der Waals surface area contributed by atoms with Gasteiger partial charge in [-0.3, -0.25) is 14.3 Å². The predicted molar refractivity (Wildman–Crippen MR) is 240 cm³/mol. The summed E-state index contributed by atoms with van der Waals surface area (Å²) in [6, 6.07) is 5.46. The van der Waals surface area contributed by atoms with Crippen LogP contribution in [-0.2, 0) is 0 Å². The Kier molecular flexibility index (Phi) is 16.7. The van der Waals surface area contributed by atoms with Crippen molar-refractivity contribution < 1.29 is 27.4 Å². The number of carbonyl (C=O) groups excluding carboxylic acids is 1. The van der Waals surface area contributed by atoms with Gasteiger partial charge in [0.15, 0.2) is 11.6 Å². The molecule has 8 rings (SSSR count). The Morgan fingerprint density at radius 3 is 2.46 bits per heavy atom. The van der Waals surface area contributed by atoms with Crippen molar-refractivity contribution in [1.29, 1.82) is 5.26 Å². The van der Waals surface area contributed by atoms with E-state index in [-0.39, 0.29) is 71.9 Å². The van der Waals surface area contributed by atoms with Crippen LogP contribution in [0.15, 0.2) is 30.9 Å². The number of nitriles is 1. The normalized spacial score (nSPS) is 19.6. The number of hydrogen-bond acceptors (Lipinski definition) is 11. The molecule has 2 aliphatic heterocycles. The summed E-state index contributed by atoms with van der Waals surface area (Å²) < 4.78 is 56.8. The molecule has 11 nitrogen and oxygen atoms in total. The average molecular weight is 884 g/mol. The molecular formula is C45H58ClF3N8O3S. The second-order valence-corrected chi connectivity index (χ2v) is 16.8. The first-order valence-electron chi connectivity index (χ1n) is 21.3. The molecule has 3 fully saturated rings. The van der Waals surface area contributed by atoms with Crippen LogP contribution in [0.25, 0.3) is 32.1 Å². The van der Waals surface area contributed by atoms with Gasteiger partial charge < -0.3 is 20.1 Å². The first-order chi connectivity index (χ1) is 29.4. The lowest BCUT2D eigenvalue weighted by Crippen LogP contribution is -2.45. The van der Waals surface area contributed by atoms with Crippen LogP contribution in [0.1, 0.15) is 103 Å². The number of imidazole rings is 1. The van der Waals surface area contributed by atoms with Crippen molar-refractivity contribution >= 4 is 60.7 Å². The highest BCUT2D eigenvalue weighted by atomic mass is 35.5. The Bertz CT molecular complexity index is 2300. The average Bonchev–Trinajstić information content (AvgIpc) is 4.07. The molecule has 61 heavy (non-hydrogen) atoms. The van der Waals surface area contributed by atoms with Gasteiger partial charge in [0.05, 0.1) is 34.9 Å².